The highest BCUT2D eigenvalue weighted by Crippen LogP contribution is 2.16. The van der Waals surface area contributed by atoms with Crippen LogP contribution in [-0.4, -0.2) is 11.9 Å². The Bertz CT molecular complexity index is 461. The lowest BCUT2D eigenvalue weighted by Gasteiger charge is -1.83. The molecule has 0 fully saturated rings. The first kappa shape index (κ1) is 7.67. The van der Waals surface area contributed by atoms with Crippen molar-refractivity contribution in [3.8, 4) is 0 Å². The number of cyclic esters (lactones) is 2. The van der Waals surface area contributed by atoms with Gasteiger partial charge < -0.3 is 4.74 Å². The summed E-state index contributed by atoms with van der Waals surface area (Å²) in [4.78, 5) is 32.9. The molecule has 0 aromatic heterocycles. The summed E-state index contributed by atoms with van der Waals surface area (Å²) in [6.07, 6.45) is 0. The number of ether oxygens (including phenoxy) is 1. The maximum absolute atomic E-state index is 11.0. The summed E-state index contributed by atoms with van der Waals surface area (Å²) in [5, 5.41) is 0. The standard InChI is InChI=1S/C9H4O4/c10-5-2-1-3-6-7(4-5)9(12)13-8(6)11/h1-4H. The summed E-state index contributed by atoms with van der Waals surface area (Å²) >= 11 is 0. The molecule has 0 unspecified atom stereocenters. The zero-order valence-electron chi connectivity index (χ0n) is 6.44. The molecule has 0 aliphatic carbocycles. The number of fused-ring (bicyclic) bond motifs is 1. The molecule has 13 heavy (non-hydrogen) atoms. The first-order valence-electron chi connectivity index (χ1n) is 3.59. The summed E-state index contributed by atoms with van der Waals surface area (Å²) in [5.41, 5.74) is -0.139. The van der Waals surface area contributed by atoms with Crippen LogP contribution in [0.15, 0.2) is 29.1 Å². The van der Waals surface area contributed by atoms with Gasteiger partial charge in [0.2, 0.25) is 0 Å². The van der Waals surface area contributed by atoms with Crippen LogP contribution in [0.25, 0.3) is 0 Å². The van der Waals surface area contributed by atoms with Gasteiger partial charge in [0.05, 0.1) is 11.1 Å². The molecule has 0 N–H and O–H groups in total. The van der Waals surface area contributed by atoms with E-state index in [-0.39, 0.29) is 16.6 Å². The predicted molar refractivity (Wildman–Crippen MR) is 42.5 cm³/mol. The van der Waals surface area contributed by atoms with Crippen LogP contribution >= 0.6 is 0 Å². The molecule has 1 aromatic carbocycles. The van der Waals surface area contributed by atoms with Gasteiger partial charge >= 0.3 is 11.9 Å². The molecular formula is C9H4O4. The third-order valence-electron chi connectivity index (χ3n) is 1.73. The van der Waals surface area contributed by atoms with Crippen molar-refractivity contribution in [3.05, 3.63) is 45.6 Å². The van der Waals surface area contributed by atoms with E-state index >= 15 is 0 Å². The Labute approximate surface area is 72.8 Å². The second-order valence-electron chi connectivity index (χ2n) is 2.58. The first-order valence-corrected chi connectivity index (χ1v) is 3.59. The minimum atomic E-state index is -0.756. The van der Waals surface area contributed by atoms with Crippen LogP contribution in [-0.2, 0) is 4.74 Å². The van der Waals surface area contributed by atoms with Crippen molar-refractivity contribution in [2.75, 3.05) is 0 Å². The molecule has 0 atom stereocenters. The molecule has 0 radical (unpaired) electrons. The Hall–Kier alpha value is -1.97. The van der Waals surface area contributed by atoms with Crippen LogP contribution < -0.4 is 5.43 Å². The average Bonchev–Trinajstić information content (AvgIpc) is 2.28. The van der Waals surface area contributed by atoms with Crippen LogP contribution in [0.2, 0.25) is 0 Å². The topological polar surface area (TPSA) is 60.4 Å². The van der Waals surface area contributed by atoms with Gasteiger partial charge in [-0.25, -0.2) is 9.59 Å². The second kappa shape index (κ2) is 2.52. The maximum Gasteiger partial charge on any atom is 0.347 e. The Morgan fingerprint density at radius 1 is 0.923 bits per heavy atom. The van der Waals surface area contributed by atoms with Gasteiger partial charge in [-0.05, 0) is 12.1 Å². The largest absolute Gasteiger partial charge is 0.386 e. The Morgan fingerprint density at radius 2 is 1.62 bits per heavy atom. The van der Waals surface area contributed by atoms with Crippen LogP contribution in [0.4, 0.5) is 0 Å². The molecule has 1 aliphatic rings. The highest BCUT2D eigenvalue weighted by molar-refractivity contribution is 6.14. The Kier molecular flexibility index (Phi) is 1.48. The van der Waals surface area contributed by atoms with Gasteiger partial charge in [0.15, 0.2) is 5.43 Å². The average molecular weight is 176 g/mol. The second-order valence-corrected chi connectivity index (χ2v) is 2.58. The van der Waals surface area contributed by atoms with Gasteiger partial charge in [0, 0.05) is 6.07 Å². The molecule has 64 valence electrons. The number of carbonyl (C=O) groups is 2. The summed E-state index contributed by atoms with van der Waals surface area (Å²) in [7, 11) is 0. The van der Waals surface area contributed by atoms with Crippen molar-refractivity contribution in [1.82, 2.24) is 0 Å². The van der Waals surface area contributed by atoms with Crippen molar-refractivity contribution in [3.63, 3.8) is 0 Å². The molecule has 4 nitrogen and oxygen atoms in total. The zero-order chi connectivity index (χ0) is 9.42. The molecule has 4 heteroatoms. The smallest absolute Gasteiger partial charge is 0.347 e. The highest BCUT2D eigenvalue weighted by Gasteiger charge is 2.28. The van der Waals surface area contributed by atoms with E-state index in [1.807, 2.05) is 0 Å². The lowest BCUT2D eigenvalue weighted by Crippen LogP contribution is -2.00. The highest BCUT2D eigenvalue weighted by atomic mass is 16.6. The quantitative estimate of drug-likeness (QED) is 0.423. The molecule has 1 aliphatic heterocycles. The molecule has 1 aromatic rings. The van der Waals surface area contributed by atoms with Crippen molar-refractivity contribution in [2.45, 2.75) is 0 Å². The molecule has 0 bridgehead atoms. The van der Waals surface area contributed by atoms with Gasteiger partial charge in [-0.3, -0.25) is 4.79 Å². The van der Waals surface area contributed by atoms with Crippen LogP contribution in [0.5, 0.6) is 0 Å². The number of hydrogen-bond donors (Lipinski definition) is 0. The summed E-state index contributed by atoms with van der Waals surface area (Å²) in [5.74, 6) is -1.45. The van der Waals surface area contributed by atoms with Gasteiger partial charge in [-0.15, -0.1) is 0 Å². The third kappa shape index (κ3) is 1.12. The monoisotopic (exact) mass is 176 g/mol. The minimum Gasteiger partial charge on any atom is -0.386 e. The van der Waals surface area contributed by atoms with Gasteiger partial charge in [0.25, 0.3) is 0 Å². The third-order valence-corrected chi connectivity index (χ3v) is 1.73. The molecular weight excluding hydrogens is 172 g/mol. The van der Waals surface area contributed by atoms with Crippen LogP contribution in [0.3, 0.4) is 0 Å². The summed E-state index contributed by atoms with van der Waals surface area (Å²) < 4.78 is 4.31. The lowest BCUT2D eigenvalue weighted by atomic mass is 10.2. The minimum absolute atomic E-state index is 0.0417. The van der Waals surface area contributed by atoms with Crippen molar-refractivity contribution in [2.24, 2.45) is 0 Å². The summed E-state index contributed by atoms with van der Waals surface area (Å²) in [6.45, 7) is 0. The fourth-order valence-electron chi connectivity index (χ4n) is 1.14. The fraction of sp³-hybridized carbons (Fsp3) is 0. The van der Waals surface area contributed by atoms with Gasteiger partial charge in [-0.2, -0.15) is 0 Å². The van der Waals surface area contributed by atoms with E-state index in [9.17, 15) is 14.4 Å². The maximum atomic E-state index is 11.0. The van der Waals surface area contributed by atoms with Crippen LogP contribution in [0.1, 0.15) is 20.7 Å². The summed E-state index contributed by atoms with van der Waals surface area (Å²) in [6, 6.07) is 5.19. The van der Waals surface area contributed by atoms with E-state index in [2.05, 4.69) is 4.74 Å². The molecule has 1 heterocycles. The molecule has 0 spiro atoms. The fourth-order valence-corrected chi connectivity index (χ4v) is 1.14. The van der Waals surface area contributed by atoms with E-state index < -0.39 is 11.9 Å². The molecule has 0 amide bonds. The van der Waals surface area contributed by atoms with Gasteiger partial charge in [0.1, 0.15) is 0 Å². The number of hydrogen-bond acceptors (Lipinski definition) is 4. The normalized spacial score (nSPS) is 13.8. The Morgan fingerprint density at radius 3 is 2.38 bits per heavy atom. The van der Waals surface area contributed by atoms with Crippen molar-refractivity contribution in [1.29, 1.82) is 0 Å². The number of esters is 2. The van der Waals surface area contributed by atoms with E-state index in [4.69, 9.17) is 0 Å². The Balaban J connectivity index is 2.82. The van der Waals surface area contributed by atoms with E-state index in [1.165, 1.54) is 18.2 Å². The zero-order valence-corrected chi connectivity index (χ0v) is 6.44. The van der Waals surface area contributed by atoms with Crippen LogP contribution in [0, 0.1) is 0 Å². The van der Waals surface area contributed by atoms with E-state index in [1.54, 1.807) is 0 Å². The number of rotatable bonds is 0. The van der Waals surface area contributed by atoms with Crippen molar-refractivity contribution < 1.29 is 14.3 Å². The lowest BCUT2D eigenvalue weighted by molar-refractivity contribution is 0.0443. The predicted octanol–water partition coefficient (Wildman–Crippen LogP) is 0.357. The van der Waals surface area contributed by atoms with Crippen molar-refractivity contribution >= 4 is 11.9 Å². The molecule has 0 saturated heterocycles. The van der Waals surface area contributed by atoms with E-state index in [0.717, 1.165) is 6.07 Å². The molecule has 0 saturated carbocycles. The SMILES string of the molecule is O=C1OC(=O)c2cc(=O)cccc21. The first-order chi connectivity index (χ1) is 6.18. The van der Waals surface area contributed by atoms with E-state index in [0.29, 0.717) is 0 Å². The molecule has 2 rings (SSSR count). The number of carbonyl (C=O) groups excluding carboxylic acids is 2. The van der Waals surface area contributed by atoms with Gasteiger partial charge in [-0.1, -0.05) is 6.07 Å².